The Morgan fingerprint density at radius 3 is 2.68 bits per heavy atom. The van der Waals surface area contributed by atoms with E-state index in [1.165, 1.54) is 5.57 Å². The molecule has 0 unspecified atom stereocenters. The highest BCUT2D eigenvalue weighted by Gasteiger charge is 2.47. The van der Waals surface area contributed by atoms with Crippen molar-refractivity contribution in [3.63, 3.8) is 0 Å². The van der Waals surface area contributed by atoms with Crippen LogP contribution in [-0.2, 0) is 4.74 Å². The Morgan fingerprint density at radius 1 is 1.53 bits per heavy atom. The topological polar surface area (TPSA) is 69.9 Å². The van der Waals surface area contributed by atoms with Gasteiger partial charge < -0.3 is 20.1 Å². The summed E-state index contributed by atoms with van der Waals surface area (Å²) in [5, 5.41) is 29.4. The van der Waals surface area contributed by atoms with Crippen LogP contribution in [0.2, 0.25) is 0 Å². The zero-order valence-electron chi connectivity index (χ0n) is 12.5. The highest BCUT2D eigenvalue weighted by atomic mass is 16.5. The lowest BCUT2D eigenvalue weighted by Gasteiger charge is -2.34. The molecule has 4 atom stereocenters. The van der Waals surface area contributed by atoms with E-state index >= 15 is 0 Å². The molecule has 0 saturated carbocycles. The third kappa shape index (κ3) is 4.28. The van der Waals surface area contributed by atoms with Crippen molar-refractivity contribution in [2.45, 2.75) is 76.8 Å². The summed E-state index contributed by atoms with van der Waals surface area (Å²) >= 11 is 0. The zero-order valence-corrected chi connectivity index (χ0v) is 12.5. The lowest BCUT2D eigenvalue weighted by atomic mass is 9.90. The minimum Gasteiger partial charge on any atom is -0.394 e. The third-order valence-electron chi connectivity index (χ3n) is 4.09. The molecule has 1 fully saturated rings. The summed E-state index contributed by atoms with van der Waals surface area (Å²) < 4.78 is 5.84. The zero-order chi connectivity index (χ0) is 14.7. The van der Waals surface area contributed by atoms with E-state index in [2.05, 4.69) is 6.08 Å². The Morgan fingerprint density at radius 2 is 2.16 bits per heavy atom. The molecule has 0 aromatic rings. The molecule has 1 rings (SSSR count). The summed E-state index contributed by atoms with van der Waals surface area (Å²) in [4.78, 5) is 0. The fraction of sp³-hybridized carbons (Fsp3) is 0.867. The first-order valence-corrected chi connectivity index (χ1v) is 7.04. The van der Waals surface area contributed by atoms with Crippen LogP contribution in [-0.4, -0.2) is 45.3 Å². The van der Waals surface area contributed by atoms with Crippen LogP contribution in [0.15, 0.2) is 11.6 Å². The highest BCUT2D eigenvalue weighted by molar-refractivity contribution is 4.99. The normalized spacial score (nSPS) is 31.8. The molecule has 1 aliphatic rings. The second-order valence-corrected chi connectivity index (χ2v) is 6.33. The number of aliphatic hydroxyl groups excluding tert-OH is 2. The monoisotopic (exact) mass is 272 g/mol. The van der Waals surface area contributed by atoms with Gasteiger partial charge in [-0.25, -0.2) is 0 Å². The molecule has 1 saturated heterocycles. The smallest absolute Gasteiger partial charge is 0.106 e. The van der Waals surface area contributed by atoms with Crippen LogP contribution in [0, 0.1) is 0 Å². The van der Waals surface area contributed by atoms with Gasteiger partial charge in [-0.2, -0.15) is 0 Å². The number of aliphatic hydroxyl groups is 3. The summed E-state index contributed by atoms with van der Waals surface area (Å²) in [7, 11) is 0. The molecule has 0 aromatic heterocycles. The first kappa shape index (κ1) is 16.6. The fourth-order valence-corrected chi connectivity index (χ4v) is 2.55. The van der Waals surface area contributed by atoms with E-state index < -0.39 is 17.3 Å². The van der Waals surface area contributed by atoms with Gasteiger partial charge in [0.2, 0.25) is 0 Å². The van der Waals surface area contributed by atoms with Crippen molar-refractivity contribution in [1.82, 2.24) is 0 Å². The first-order chi connectivity index (χ1) is 8.71. The molecule has 0 aromatic carbocycles. The van der Waals surface area contributed by atoms with Crippen molar-refractivity contribution in [3.8, 4) is 0 Å². The Bertz CT molecular complexity index is 320. The van der Waals surface area contributed by atoms with Gasteiger partial charge in [0.05, 0.1) is 23.9 Å². The van der Waals surface area contributed by atoms with E-state index in [9.17, 15) is 10.2 Å². The van der Waals surface area contributed by atoms with Crippen molar-refractivity contribution in [2.24, 2.45) is 0 Å². The third-order valence-corrected chi connectivity index (χ3v) is 4.09. The van der Waals surface area contributed by atoms with Gasteiger partial charge in [0, 0.05) is 0 Å². The lowest BCUT2D eigenvalue weighted by molar-refractivity contribution is -0.166. The molecule has 4 nitrogen and oxygen atoms in total. The number of hydrogen-bond acceptors (Lipinski definition) is 4. The number of ether oxygens (including phenoxy) is 1. The molecular formula is C15H28O4. The largest absolute Gasteiger partial charge is 0.394 e. The van der Waals surface area contributed by atoms with Gasteiger partial charge in [-0.05, 0) is 53.4 Å². The molecule has 4 heteroatoms. The Hall–Kier alpha value is -0.420. The Labute approximate surface area is 116 Å². The minimum atomic E-state index is -0.904. The van der Waals surface area contributed by atoms with Crippen molar-refractivity contribution >= 4 is 0 Å². The molecular weight excluding hydrogens is 244 g/mol. The van der Waals surface area contributed by atoms with Crippen molar-refractivity contribution < 1.29 is 20.1 Å². The predicted molar refractivity (Wildman–Crippen MR) is 74.9 cm³/mol. The lowest BCUT2D eigenvalue weighted by Crippen LogP contribution is -2.46. The van der Waals surface area contributed by atoms with Gasteiger partial charge >= 0.3 is 0 Å². The number of hydrogen-bond donors (Lipinski definition) is 3. The molecule has 19 heavy (non-hydrogen) atoms. The van der Waals surface area contributed by atoms with Gasteiger partial charge in [0.25, 0.3) is 0 Å². The second-order valence-electron chi connectivity index (χ2n) is 6.33. The van der Waals surface area contributed by atoms with E-state index in [1.807, 2.05) is 13.8 Å². The number of allylic oxidation sites excluding steroid dienone is 2. The summed E-state index contributed by atoms with van der Waals surface area (Å²) in [6.45, 7) is 7.33. The second kappa shape index (κ2) is 6.35. The highest BCUT2D eigenvalue weighted by Crippen LogP contribution is 2.38. The van der Waals surface area contributed by atoms with E-state index in [1.54, 1.807) is 13.8 Å². The van der Waals surface area contributed by atoms with Crippen LogP contribution in [0.3, 0.4) is 0 Å². The van der Waals surface area contributed by atoms with E-state index in [-0.39, 0.29) is 12.7 Å². The van der Waals surface area contributed by atoms with Crippen molar-refractivity contribution in [1.29, 1.82) is 0 Å². The van der Waals surface area contributed by atoms with Gasteiger partial charge in [-0.15, -0.1) is 0 Å². The maximum absolute atomic E-state index is 10.5. The standard InChI is InChI=1S/C15H28O4/c1-11(2)6-5-8-14(3,18)13-7-9-15(4,19-13)12(17)10-16/h6,12-13,16-18H,5,7-10H2,1-4H3/t12-,13-,14+,15+/m1/s1. The molecule has 0 spiro atoms. The predicted octanol–water partition coefficient (Wildman–Crippen LogP) is 1.77. The SMILES string of the molecule is CC(C)=CCC[C@](C)(O)[C@H]1CC[C@@](C)([C@H](O)CO)O1. The fourth-order valence-electron chi connectivity index (χ4n) is 2.55. The minimum absolute atomic E-state index is 0.288. The van der Waals surface area contributed by atoms with E-state index in [4.69, 9.17) is 9.84 Å². The summed E-state index contributed by atoms with van der Waals surface area (Å²) in [6, 6.07) is 0. The van der Waals surface area contributed by atoms with Crippen LogP contribution < -0.4 is 0 Å². The first-order valence-electron chi connectivity index (χ1n) is 7.04. The molecule has 0 bridgehead atoms. The number of rotatable bonds is 6. The van der Waals surface area contributed by atoms with Crippen molar-refractivity contribution in [2.75, 3.05) is 6.61 Å². The van der Waals surface area contributed by atoms with E-state index in [0.717, 1.165) is 6.42 Å². The molecule has 0 amide bonds. The molecule has 1 heterocycles. The molecule has 0 aliphatic carbocycles. The van der Waals surface area contributed by atoms with Gasteiger partial charge in [-0.1, -0.05) is 11.6 Å². The van der Waals surface area contributed by atoms with Crippen LogP contribution in [0.1, 0.15) is 53.4 Å². The van der Waals surface area contributed by atoms with Crippen LogP contribution in [0.25, 0.3) is 0 Å². The molecule has 112 valence electrons. The average molecular weight is 272 g/mol. The Balaban J connectivity index is 2.59. The maximum Gasteiger partial charge on any atom is 0.106 e. The van der Waals surface area contributed by atoms with Gasteiger partial charge in [0.1, 0.15) is 6.10 Å². The summed E-state index contributed by atoms with van der Waals surface area (Å²) in [5.74, 6) is 0. The van der Waals surface area contributed by atoms with Crippen LogP contribution in [0.4, 0.5) is 0 Å². The Kier molecular flexibility index (Phi) is 5.56. The van der Waals surface area contributed by atoms with Crippen LogP contribution >= 0.6 is 0 Å². The molecule has 1 aliphatic heterocycles. The summed E-state index contributed by atoms with van der Waals surface area (Å²) in [6.07, 6.45) is 3.72. The van der Waals surface area contributed by atoms with Gasteiger partial charge in [-0.3, -0.25) is 0 Å². The van der Waals surface area contributed by atoms with Gasteiger partial charge in [0.15, 0.2) is 0 Å². The quantitative estimate of drug-likeness (QED) is 0.645. The van der Waals surface area contributed by atoms with Crippen LogP contribution in [0.5, 0.6) is 0 Å². The maximum atomic E-state index is 10.5. The molecule has 3 N–H and O–H groups in total. The average Bonchev–Trinajstić information content (AvgIpc) is 2.72. The summed E-state index contributed by atoms with van der Waals surface area (Å²) in [5.41, 5.74) is -0.414. The molecule has 0 radical (unpaired) electrons. The van der Waals surface area contributed by atoms with Crippen molar-refractivity contribution in [3.05, 3.63) is 11.6 Å². The van der Waals surface area contributed by atoms with E-state index in [0.29, 0.717) is 19.3 Å².